The first kappa shape index (κ1) is 27.0. The lowest BCUT2D eigenvalue weighted by Gasteiger charge is -2.39. The highest BCUT2D eigenvalue weighted by atomic mass is 16.5. The molecule has 10 rings (SSSR count). The van der Waals surface area contributed by atoms with Gasteiger partial charge in [-0.2, -0.15) is 0 Å². The zero-order chi connectivity index (χ0) is 30.6. The van der Waals surface area contributed by atoms with Crippen molar-refractivity contribution >= 4 is 21.5 Å². The Kier molecular flexibility index (Phi) is 6.38. The quantitative estimate of drug-likeness (QED) is 0.143. The van der Waals surface area contributed by atoms with E-state index in [2.05, 4.69) is 152 Å². The third-order valence-corrected chi connectivity index (χ3v) is 10.2. The minimum absolute atomic E-state index is 0.364. The van der Waals surface area contributed by atoms with Crippen molar-refractivity contribution in [2.75, 3.05) is 7.11 Å². The topological polar surface area (TPSA) is 9.23 Å². The monoisotopic (exact) mass is 590 g/mol. The number of allylic oxidation sites excluding steroid dienone is 2. The van der Waals surface area contributed by atoms with Gasteiger partial charge in [-0.15, -0.1) is 0 Å². The Morgan fingerprint density at radius 3 is 1.30 bits per heavy atom. The molecule has 0 saturated heterocycles. The van der Waals surface area contributed by atoms with E-state index < -0.39 is 0 Å². The molecule has 0 aliphatic heterocycles. The highest BCUT2D eigenvalue weighted by Gasteiger charge is 2.37. The summed E-state index contributed by atoms with van der Waals surface area (Å²) in [5.41, 5.74) is 13.3. The van der Waals surface area contributed by atoms with E-state index in [-0.39, 0.29) is 0 Å². The molecule has 220 valence electrons. The lowest BCUT2D eigenvalue weighted by Crippen LogP contribution is -2.20. The molecule has 7 aromatic rings. The van der Waals surface area contributed by atoms with Gasteiger partial charge >= 0.3 is 0 Å². The molecule has 0 saturated carbocycles. The molecule has 0 amide bonds. The van der Waals surface area contributed by atoms with E-state index in [1.165, 1.54) is 90.0 Å². The number of fused-ring (bicyclic) bond motifs is 3. The molecule has 0 N–H and O–H groups in total. The van der Waals surface area contributed by atoms with Crippen LogP contribution in [-0.4, -0.2) is 7.11 Å². The molecule has 2 atom stereocenters. The molecule has 0 heterocycles. The van der Waals surface area contributed by atoms with Gasteiger partial charge in [0.2, 0.25) is 0 Å². The zero-order valence-electron chi connectivity index (χ0n) is 25.9. The van der Waals surface area contributed by atoms with Crippen LogP contribution in [0.3, 0.4) is 0 Å². The molecular weight excluding hydrogens is 556 g/mol. The number of ether oxygens (including phenoxy) is 1. The van der Waals surface area contributed by atoms with Crippen molar-refractivity contribution in [2.45, 2.75) is 24.7 Å². The molecule has 0 spiro atoms. The number of rotatable bonds is 5. The van der Waals surface area contributed by atoms with Crippen molar-refractivity contribution in [3.8, 4) is 50.3 Å². The van der Waals surface area contributed by atoms with E-state index in [1.807, 2.05) is 0 Å². The van der Waals surface area contributed by atoms with Crippen molar-refractivity contribution in [1.29, 1.82) is 0 Å². The maximum absolute atomic E-state index is 5.85. The number of hydrogen-bond donors (Lipinski definition) is 0. The van der Waals surface area contributed by atoms with Gasteiger partial charge in [-0.3, -0.25) is 0 Å². The molecule has 0 aromatic heterocycles. The lowest BCUT2D eigenvalue weighted by molar-refractivity contribution is 0.415. The summed E-state index contributed by atoms with van der Waals surface area (Å²) in [5, 5.41) is 5.23. The van der Waals surface area contributed by atoms with Gasteiger partial charge < -0.3 is 4.74 Å². The predicted octanol–water partition coefficient (Wildman–Crippen LogP) is 12.2. The molecule has 46 heavy (non-hydrogen) atoms. The molecule has 2 bridgehead atoms. The fraction of sp³-hybridized carbons (Fsp3) is 0.111. The highest BCUT2D eigenvalue weighted by molar-refractivity contribution is 6.29. The minimum Gasteiger partial charge on any atom is -0.497 e. The Morgan fingerprint density at radius 2 is 0.848 bits per heavy atom. The van der Waals surface area contributed by atoms with Crippen LogP contribution in [0, 0.1) is 0 Å². The van der Waals surface area contributed by atoms with E-state index >= 15 is 0 Å². The Balaban J connectivity index is 1.64. The summed E-state index contributed by atoms with van der Waals surface area (Å²) >= 11 is 0. The first-order chi connectivity index (χ1) is 22.8. The third-order valence-electron chi connectivity index (χ3n) is 10.2. The SMILES string of the molecule is COc1cccc(-c2c3c(c(-c4ccccc4)c4c(-c5ccccc5)c5ccccc5c(-c5ccccc5)c24)C2C=CC3CC2)c1. The maximum Gasteiger partial charge on any atom is 0.119 e. The van der Waals surface area contributed by atoms with Crippen LogP contribution in [0.15, 0.2) is 152 Å². The molecule has 0 radical (unpaired) electrons. The molecule has 3 aliphatic carbocycles. The lowest BCUT2D eigenvalue weighted by atomic mass is 9.64. The second-order valence-corrected chi connectivity index (χ2v) is 12.6. The maximum atomic E-state index is 5.85. The van der Waals surface area contributed by atoms with Crippen LogP contribution in [0.1, 0.15) is 35.8 Å². The smallest absolute Gasteiger partial charge is 0.119 e. The number of hydrogen-bond acceptors (Lipinski definition) is 1. The Bertz CT molecular complexity index is 2280. The van der Waals surface area contributed by atoms with Crippen LogP contribution < -0.4 is 4.74 Å². The van der Waals surface area contributed by atoms with E-state index in [0.29, 0.717) is 11.8 Å². The zero-order valence-corrected chi connectivity index (χ0v) is 25.9. The van der Waals surface area contributed by atoms with Crippen molar-refractivity contribution in [3.05, 3.63) is 163 Å². The van der Waals surface area contributed by atoms with E-state index in [4.69, 9.17) is 4.74 Å². The fourth-order valence-corrected chi connectivity index (χ4v) is 8.34. The van der Waals surface area contributed by atoms with Crippen molar-refractivity contribution < 1.29 is 4.74 Å². The van der Waals surface area contributed by atoms with Gasteiger partial charge in [0.25, 0.3) is 0 Å². The highest BCUT2D eigenvalue weighted by Crippen LogP contribution is 2.59. The molecule has 3 aliphatic rings. The van der Waals surface area contributed by atoms with Crippen LogP contribution in [0.25, 0.3) is 66.1 Å². The average Bonchev–Trinajstić information content (AvgIpc) is 3.14. The van der Waals surface area contributed by atoms with Crippen LogP contribution in [0.2, 0.25) is 0 Å². The second-order valence-electron chi connectivity index (χ2n) is 12.6. The van der Waals surface area contributed by atoms with Crippen molar-refractivity contribution in [1.82, 2.24) is 0 Å². The van der Waals surface area contributed by atoms with E-state index in [9.17, 15) is 0 Å². The normalized spacial score (nSPS) is 16.5. The number of benzene rings is 7. The molecular formula is C45H34O. The van der Waals surface area contributed by atoms with Crippen LogP contribution in [0.5, 0.6) is 5.75 Å². The summed E-state index contributed by atoms with van der Waals surface area (Å²) < 4.78 is 5.85. The number of methoxy groups -OCH3 is 1. The Morgan fingerprint density at radius 1 is 0.435 bits per heavy atom. The predicted molar refractivity (Wildman–Crippen MR) is 194 cm³/mol. The van der Waals surface area contributed by atoms with Crippen molar-refractivity contribution in [2.24, 2.45) is 0 Å². The van der Waals surface area contributed by atoms with E-state index in [0.717, 1.165) is 5.75 Å². The summed E-state index contributed by atoms with van der Waals surface area (Å²) in [6.45, 7) is 0. The van der Waals surface area contributed by atoms with Gasteiger partial charge in [-0.05, 0) is 102 Å². The summed E-state index contributed by atoms with van der Waals surface area (Å²) in [5.74, 6) is 1.62. The molecule has 0 fully saturated rings. The summed E-state index contributed by atoms with van der Waals surface area (Å²) in [6.07, 6.45) is 7.33. The van der Waals surface area contributed by atoms with Crippen LogP contribution in [-0.2, 0) is 0 Å². The average molecular weight is 591 g/mol. The largest absolute Gasteiger partial charge is 0.497 e. The Labute approximate surface area is 270 Å². The van der Waals surface area contributed by atoms with Gasteiger partial charge in [-0.1, -0.05) is 140 Å². The summed E-state index contributed by atoms with van der Waals surface area (Å²) in [6, 6.07) is 51.0. The minimum atomic E-state index is 0.364. The standard InChI is InChI=1S/C45H34O/c1-46-35-21-13-20-34(28-35)43-41-33-26-24-32(25-27-33)40(41)42(31-18-9-4-10-19-31)44-38(29-14-5-2-6-15-29)36-22-11-12-23-37(36)39(45(43)44)30-16-7-3-8-17-30/h2-24,26,28,32-33H,25,27H2,1H3. The van der Waals surface area contributed by atoms with Crippen LogP contribution >= 0.6 is 0 Å². The van der Waals surface area contributed by atoms with Crippen LogP contribution in [0.4, 0.5) is 0 Å². The first-order valence-electron chi connectivity index (χ1n) is 16.4. The third kappa shape index (κ3) is 4.08. The molecule has 7 aromatic carbocycles. The van der Waals surface area contributed by atoms with Gasteiger partial charge in [0.05, 0.1) is 7.11 Å². The first-order valence-corrected chi connectivity index (χ1v) is 16.4. The van der Waals surface area contributed by atoms with Gasteiger partial charge in [0, 0.05) is 11.8 Å². The van der Waals surface area contributed by atoms with Gasteiger partial charge in [0.15, 0.2) is 0 Å². The molecule has 1 nitrogen and oxygen atoms in total. The Hall–Kier alpha value is -5.40. The summed E-state index contributed by atoms with van der Waals surface area (Å²) in [7, 11) is 1.77. The van der Waals surface area contributed by atoms with Gasteiger partial charge in [-0.25, -0.2) is 0 Å². The second kappa shape index (κ2) is 10.9. The summed E-state index contributed by atoms with van der Waals surface area (Å²) in [4.78, 5) is 0. The fourth-order valence-electron chi connectivity index (χ4n) is 8.34. The molecule has 1 heteroatoms. The molecule has 2 unspecified atom stereocenters. The van der Waals surface area contributed by atoms with E-state index in [1.54, 1.807) is 7.11 Å². The van der Waals surface area contributed by atoms with Gasteiger partial charge in [0.1, 0.15) is 5.75 Å². The van der Waals surface area contributed by atoms with Crippen molar-refractivity contribution in [3.63, 3.8) is 0 Å².